The standard InChI is InChI=1S/C21H32N4O2S/c1-17(2)28(26,27)21-22-14-20(16-24-12-11-19(15-24)23(3)4)25(21)13-10-18-8-6-5-7-9-18/h5-9,14,17,19H,10-13,15-16H2,1-4H3/t19-/m0/s1. The second kappa shape index (κ2) is 8.76. The van der Waals surface area contributed by atoms with Gasteiger partial charge in [-0.05, 0) is 46.3 Å². The highest BCUT2D eigenvalue weighted by Crippen LogP contribution is 2.21. The van der Waals surface area contributed by atoms with Gasteiger partial charge in [0.1, 0.15) is 0 Å². The van der Waals surface area contributed by atoms with E-state index in [9.17, 15) is 8.42 Å². The van der Waals surface area contributed by atoms with Gasteiger partial charge < -0.3 is 9.47 Å². The van der Waals surface area contributed by atoms with Crippen molar-refractivity contribution in [2.24, 2.45) is 0 Å². The monoisotopic (exact) mass is 404 g/mol. The van der Waals surface area contributed by atoms with Gasteiger partial charge in [0.15, 0.2) is 0 Å². The summed E-state index contributed by atoms with van der Waals surface area (Å²) in [5, 5.41) is -0.278. The maximum Gasteiger partial charge on any atom is 0.228 e. The highest BCUT2D eigenvalue weighted by Gasteiger charge is 2.29. The lowest BCUT2D eigenvalue weighted by Gasteiger charge is -2.21. The lowest BCUT2D eigenvalue weighted by molar-refractivity contribution is 0.260. The maximum absolute atomic E-state index is 12.9. The first-order valence-corrected chi connectivity index (χ1v) is 11.5. The maximum atomic E-state index is 12.9. The summed E-state index contributed by atoms with van der Waals surface area (Å²) in [6.07, 6.45) is 3.68. The Morgan fingerprint density at radius 2 is 1.93 bits per heavy atom. The van der Waals surface area contributed by atoms with Crippen LogP contribution in [0.2, 0.25) is 0 Å². The van der Waals surface area contributed by atoms with Gasteiger partial charge in [0, 0.05) is 32.2 Å². The van der Waals surface area contributed by atoms with Crippen molar-refractivity contribution in [2.75, 3.05) is 27.2 Å². The van der Waals surface area contributed by atoms with Crippen LogP contribution in [-0.2, 0) is 29.3 Å². The van der Waals surface area contributed by atoms with E-state index in [0.29, 0.717) is 12.6 Å². The van der Waals surface area contributed by atoms with E-state index in [0.717, 1.165) is 38.2 Å². The summed E-state index contributed by atoms with van der Waals surface area (Å²) in [6, 6.07) is 10.7. The zero-order chi connectivity index (χ0) is 20.3. The SMILES string of the molecule is CC(C)S(=O)(=O)c1ncc(CN2CC[C@H](N(C)C)C2)n1CCc1ccccc1. The fraction of sp³-hybridized carbons (Fsp3) is 0.571. The second-order valence-corrected chi connectivity index (χ2v) is 10.6. The number of sulfone groups is 1. The van der Waals surface area contributed by atoms with E-state index >= 15 is 0 Å². The van der Waals surface area contributed by atoms with Gasteiger partial charge in [-0.2, -0.15) is 0 Å². The van der Waals surface area contributed by atoms with Crippen LogP contribution in [-0.4, -0.2) is 66.2 Å². The minimum Gasteiger partial charge on any atom is -0.317 e. The summed E-state index contributed by atoms with van der Waals surface area (Å²) in [4.78, 5) is 9.02. The molecule has 154 valence electrons. The van der Waals surface area contributed by atoms with Crippen LogP contribution in [0.1, 0.15) is 31.5 Å². The summed E-state index contributed by atoms with van der Waals surface area (Å²) in [7, 11) is 0.810. The van der Waals surface area contributed by atoms with Crippen molar-refractivity contribution in [3.05, 3.63) is 47.8 Å². The predicted octanol–water partition coefficient (Wildman–Crippen LogP) is 2.44. The van der Waals surface area contributed by atoms with E-state index < -0.39 is 15.1 Å². The largest absolute Gasteiger partial charge is 0.317 e. The molecule has 6 nitrogen and oxygen atoms in total. The Morgan fingerprint density at radius 1 is 1.21 bits per heavy atom. The van der Waals surface area contributed by atoms with Gasteiger partial charge in [-0.1, -0.05) is 30.3 Å². The molecule has 0 bridgehead atoms. The molecule has 1 saturated heterocycles. The zero-order valence-corrected chi connectivity index (χ0v) is 18.2. The highest BCUT2D eigenvalue weighted by molar-refractivity contribution is 7.91. The number of hydrogen-bond acceptors (Lipinski definition) is 5. The molecule has 1 aromatic heterocycles. The normalized spacial score (nSPS) is 18.4. The van der Waals surface area contributed by atoms with Gasteiger partial charge in [-0.15, -0.1) is 0 Å². The number of benzene rings is 1. The fourth-order valence-electron chi connectivity index (χ4n) is 3.69. The van der Waals surface area contributed by atoms with Crippen LogP contribution >= 0.6 is 0 Å². The quantitative estimate of drug-likeness (QED) is 0.676. The molecule has 0 saturated carbocycles. The lowest BCUT2D eigenvalue weighted by atomic mass is 10.1. The molecular formula is C21H32N4O2S. The van der Waals surface area contributed by atoms with Crippen LogP contribution < -0.4 is 0 Å². The first-order valence-electron chi connectivity index (χ1n) is 10.00. The Kier molecular flexibility index (Phi) is 6.58. The van der Waals surface area contributed by atoms with Crippen molar-refractivity contribution in [1.82, 2.24) is 19.4 Å². The molecule has 0 aliphatic carbocycles. The Hall–Kier alpha value is -1.70. The van der Waals surface area contributed by atoms with Crippen molar-refractivity contribution >= 4 is 9.84 Å². The molecule has 3 rings (SSSR count). The van der Waals surface area contributed by atoms with Crippen molar-refractivity contribution in [3.63, 3.8) is 0 Å². The Balaban J connectivity index is 1.84. The molecular weight excluding hydrogens is 372 g/mol. The molecule has 1 aliphatic rings. The van der Waals surface area contributed by atoms with Crippen molar-refractivity contribution in [3.8, 4) is 0 Å². The molecule has 28 heavy (non-hydrogen) atoms. The molecule has 1 atom stereocenters. The van der Waals surface area contributed by atoms with Crippen molar-refractivity contribution < 1.29 is 8.42 Å². The third-order valence-electron chi connectivity index (χ3n) is 5.61. The third-order valence-corrected chi connectivity index (χ3v) is 7.68. The van der Waals surface area contributed by atoms with Crippen LogP contribution in [0.3, 0.4) is 0 Å². The number of aromatic nitrogens is 2. The smallest absolute Gasteiger partial charge is 0.228 e. The van der Waals surface area contributed by atoms with Crippen molar-refractivity contribution in [2.45, 2.75) is 56.2 Å². The van der Waals surface area contributed by atoms with E-state index in [1.54, 1.807) is 20.0 Å². The molecule has 0 N–H and O–H groups in total. The van der Waals surface area contributed by atoms with Gasteiger partial charge in [0.05, 0.1) is 17.1 Å². The number of nitrogens with zero attached hydrogens (tertiary/aromatic N) is 4. The molecule has 0 spiro atoms. The molecule has 0 amide bonds. The summed E-state index contributed by atoms with van der Waals surface area (Å²) in [5.41, 5.74) is 2.18. The third kappa shape index (κ3) is 4.64. The van der Waals surface area contributed by atoms with E-state index in [1.807, 2.05) is 22.8 Å². The van der Waals surface area contributed by atoms with Crippen molar-refractivity contribution in [1.29, 1.82) is 0 Å². The van der Waals surface area contributed by atoms with Crippen LogP contribution in [0.5, 0.6) is 0 Å². The van der Waals surface area contributed by atoms with Crippen LogP contribution in [0.25, 0.3) is 0 Å². The van der Waals surface area contributed by atoms with Gasteiger partial charge in [-0.3, -0.25) is 4.90 Å². The van der Waals surface area contributed by atoms with E-state index in [-0.39, 0.29) is 5.16 Å². The molecule has 0 radical (unpaired) electrons. The second-order valence-electron chi connectivity index (χ2n) is 8.15. The lowest BCUT2D eigenvalue weighted by Crippen LogP contribution is -2.31. The number of aryl methyl sites for hydroxylation is 1. The number of imidazole rings is 1. The zero-order valence-electron chi connectivity index (χ0n) is 17.4. The first kappa shape index (κ1) is 21.0. The average Bonchev–Trinajstić information content (AvgIpc) is 3.28. The molecule has 0 unspecified atom stereocenters. The van der Waals surface area contributed by atoms with E-state index in [2.05, 4.69) is 41.0 Å². The molecule has 2 heterocycles. The molecule has 1 aromatic carbocycles. The Morgan fingerprint density at radius 3 is 2.54 bits per heavy atom. The Labute approximate surface area is 169 Å². The highest BCUT2D eigenvalue weighted by atomic mass is 32.2. The summed E-state index contributed by atoms with van der Waals surface area (Å²) in [6.45, 7) is 6.81. The topological polar surface area (TPSA) is 58.4 Å². The predicted molar refractivity (Wildman–Crippen MR) is 112 cm³/mol. The molecule has 2 aromatic rings. The minimum absolute atomic E-state index is 0.205. The van der Waals surface area contributed by atoms with Gasteiger partial charge in [0.25, 0.3) is 0 Å². The first-order chi connectivity index (χ1) is 13.3. The number of rotatable bonds is 8. The number of likely N-dealkylation sites (tertiary alicyclic amines) is 1. The van der Waals surface area contributed by atoms with Gasteiger partial charge in [-0.25, -0.2) is 13.4 Å². The molecule has 1 fully saturated rings. The van der Waals surface area contributed by atoms with E-state index in [4.69, 9.17) is 0 Å². The Bertz CT molecular complexity index is 875. The fourth-order valence-corrected chi connectivity index (χ4v) is 4.82. The van der Waals surface area contributed by atoms with Gasteiger partial charge >= 0.3 is 0 Å². The summed E-state index contributed by atoms with van der Waals surface area (Å²) in [5.74, 6) is 0. The molecule has 1 aliphatic heterocycles. The molecule has 7 heteroatoms. The number of hydrogen-bond donors (Lipinski definition) is 0. The van der Waals surface area contributed by atoms with Gasteiger partial charge in [0.2, 0.25) is 15.0 Å². The van der Waals surface area contributed by atoms with Crippen LogP contribution in [0.15, 0.2) is 41.7 Å². The minimum atomic E-state index is -3.42. The summed E-state index contributed by atoms with van der Waals surface area (Å²) >= 11 is 0. The average molecular weight is 405 g/mol. The number of likely N-dealkylation sites (N-methyl/N-ethyl adjacent to an activating group) is 1. The van der Waals surface area contributed by atoms with Crippen LogP contribution in [0.4, 0.5) is 0 Å². The van der Waals surface area contributed by atoms with Crippen LogP contribution in [0, 0.1) is 0 Å². The van der Waals surface area contributed by atoms with E-state index in [1.165, 1.54) is 5.56 Å². The summed E-state index contributed by atoms with van der Waals surface area (Å²) < 4.78 is 27.6.